The molecule has 11 heavy (non-hydrogen) atoms. The number of aliphatic hydroxyl groups is 1. The molecule has 0 heterocycles. The predicted molar refractivity (Wildman–Crippen MR) is 47.4 cm³/mol. The van der Waals surface area contributed by atoms with Crippen molar-refractivity contribution >= 4 is 0 Å². The summed E-state index contributed by atoms with van der Waals surface area (Å²) in [6.07, 6.45) is 10.6. The highest BCUT2D eigenvalue weighted by molar-refractivity contribution is 4.92. The summed E-state index contributed by atoms with van der Waals surface area (Å²) in [5.41, 5.74) is 0. The normalized spacial score (nSPS) is 24.2. The van der Waals surface area contributed by atoms with Gasteiger partial charge >= 0.3 is 0 Å². The van der Waals surface area contributed by atoms with Crippen molar-refractivity contribution in [3.63, 3.8) is 0 Å². The van der Waals surface area contributed by atoms with Crippen LogP contribution in [-0.2, 0) is 0 Å². The Labute approximate surface area is 69.1 Å². The molecule has 0 unspecified atom stereocenters. The first-order valence-corrected chi connectivity index (χ1v) is 4.65. The van der Waals surface area contributed by atoms with E-state index in [9.17, 15) is 0 Å². The number of hydrogen-bond donors (Lipinski definition) is 1. The molecular formula is C10H18O. The van der Waals surface area contributed by atoms with Gasteiger partial charge in [0, 0.05) is 0 Å². The SMILES string of the molecule is C[C@H](O)/C=C/C1CCCCC1. The minimum atomic E-state index is -0.267. The molecule has 0 saturated heterocycles. The zero-order chi connectivity index (χ0) is 8.10. The van der Waals surface area contributed by atoms with Gasteiger partial charge < -0.3 is 5.11 Å². The van der Waals surface area contributed by atoms with Crippen molar-refractivity contribution in [2.45, 2.75) is 45.1 Å². The molecule has 0 aliphatic heterocycles. The highest BCUT2D eigenvalue weighted by Crippen LogP contribution is 2.24. The largest absolute Gasteiger partial charge is 0.389 e. The molecule has 1 aliphatic rings. The topological polar surface area (TPSA) is 20.2 Å². The molecule has 1 rings (SSSR count). The lowest BCUT2D eigenvalue weighted by atomic mass is 9.89. The van der Waals surface area contributed by atoms with E-state index in [0.717, 1.165) is 5.92 Å². The fourth-order valence-electron chi connectivity index (χ4n) is 1.64. The van der Waals surface area contributed by atoms with Gasteiger partial charge in [-0.2, -0.15) is 0 Å². The molecule has 1 nitrogen and oxygen atoms in total. The standard InChI is InChI=1S/C10H18O/c1-9(11)7-8-10-5-3-2-4-6-10/h7-11H,2-6H2,1H3/b8-7+/t9-/m0/s1. The Kier molecular flexibility index (Phi) is 3.64. The molecule has 0 aromatic rings. The van der Waals surface area contributed by atoms with Crippen LogP contribution in [0.4, 0.5) is 0 Å². The molecule has 0 radical (unpaired) electrons. The van der Waals surface area contributed by atoms with Crippen LogP contribution in [0.3, 0.4) is 0 Å². The van der Waals surface area contributed by atoms with E-state index in [-0.39, 0.29) is 6.10 Å². The average Bonchev–Trinajstić information content (AvgIpc) is 2.03. The quantitative estimate of drug-likeness (QED) is 0.606. The van der Waals surface area contributed by atoms with Crippen LogP contribution in [0.1, 0.15) is 39.0 Å². The molecule has 0 bridgehead atoms. The Morgan fingerprint density at radius 3 is 2.45 bits per heavy atom. The fraction of sp³-hybridized carbons (Fsp3) is 0.800. The van der Waals surface area contributed by atoms with Gasteiger partial charge in [0.05, 0.1) is 6.10 Å². The Balaban J connectivity index is 2.23. The molecular weight excluding hydrogens is 136 g/mol. The van der Waals surface area contributed by atoms with Gasteiger partial charge in [-0.1, -0.05) is 31.4 Å². The van der Waals surface area contributed by atoms with Crippen LogP contribution < -0.4 is 0 Å². The van der Waals surface area contributed by atoms with E-state index in [2.05, 4.69) is 6.08 Å². The summed E-state index contributed by atoms with van der Waals surface area (Å²) in [7, 11) is 0. The second-order valence-corrected chi connectivity index (χ2v) is 3.52. The van der Waals surface area contributed by atoms with Crippen LogP contribution in [0.2, 0.25) is 0 Å². The van der Waals surface area contributed by atoms with Crippen LogP contribution >= 0.6 is 0 Å². The minimum Gasteiger partial charge on any atom is -0.389 e. The summed E-state index contributed by atoms with van der Waals surface area (Å²) in [6, 6.07) is 0. The summed E-state index contributed by atoms with van der Waals surface area (Å²) in [6.45, 7) is 1.80. The number of allylic oxidation sites excluding steroid dienone is 1. The second-order valence-electron chi connectivity index (χ2n) is 3.52. The number of rotatable bonds is 2. The Morgan fingerprint density at radius 1 is 1.27 bits per heavy atom. The Bertz CT molecular complexity index is 121. The van der Waals surface area contributed by atoms with Gasteiger partial charge in [-0.3, -0.25) is 0 Å². The number of aliphatic hydroxyl groups excluding tert-OH is 1. The molecule has 1 fully saturated rings. The maximum Gasteiger partial charge on any atom is 0.0692 e. The van der Waals surface area contributed by atoms with Crippen LogP contribution in [0, 0.1) is 5.92 Å². The van der Waals surface area contributed by atoms with E-state index >= 15 is 0 Å². The molecule has 1 aliphatic carbocycles. The van der Waals surface area contributed by atoms with Gasteiger partial charge in [0.25, 0.3) is 0 Å². The van der Waals surface area contributed by atoms with E-state index < -0.39 is 0 Å². The molecule has 64 valence electrons. The van der Waals surface area contributed by atoms with E-state index in [1.807, 2.05) is 6.08 Å². The Hall–Kier alpha value is -0.300. The molecule has 0 amide bonds. The van der Waals surface area contributed by atoms with Crippen molar-refractivity contribution in [1.82, 2.24) is 0 Å². The first kappa shape index (κ1) is 8.79. The lowest BCUT2D eigenvalue weighted by Gasteiger charge is -2.17. The summed E-state index contributed by atoms with van der Waals surface area (Å²) < 4.78 is 0. The van der Waals surface area contributed by atoms with Gasteiger partial charge in [-0.05, 0) is 25.7 Å². The zero-order valence-electron chi connectivity index (χ0n) is 7.29. The van der Waals surface area contributed by atoms with Crippen LogP contribution in [0.25, 0.3) is 0 Å². The van der Waals surface area contributed by atoms with Crippen molar-refractivity contribution in [1.29, 1.82) is 0 Å². The van der Waals surface area contributed by atoms with E-state index in [4.69, 9.17) is 5.11 Å². The molecule has 0 spiro atoms. The third kappa shape index (κ3) is 3.57. The van der Waals surface area contributed by atoms with Crippen molar-refractivity contribution in [2.24, 2.45) is 5.92 Å². The Morgan fingerprint density at radius 2 is 1.91 bits per heavy atom. The van der Waals surface area contributed by atoms with Crippen LogP contribution in [-0.4, -0.2) is 11.2 Å². The molecule has 0 aromatic carbocycles. The van der Waals surface area contributed by atoms with Crippen molar-refractivity contribution in [3.05, 3.63) is 12.2 Å². The summed E-state index contributed by atoms with van der Waals surface area (Å²) in [5.74, 6) is 0.748. The first-order chi connectivity index (χ1) is 5.29. The van der Waals surface area contributed by atoms with E-state index in [0.29, 0.717) is 0 Å². The molecule has 1 atom stereocenters. The van der Waals surface area contributed by atoms with Gasteiger partial charge in [0.15, 0.2) is 0 Å². The molecule has 1 heteroatoms. The number of hydrogen-bond acceptors (Lipinski definition) is 1. The van der Waals surface area contributed by atoms with Gasteiger partial charge in [-0.25, -0.2) is 0 Å². The summed E-state index contributed by atoms with van der Waals surface area (Å²) in [5, 5.41) is 9.00. The summed E-state index contributed by atoms with van der Waals surface area (Å²) >= 11 is 0. The predicted octanol–water partition coefficient (Wildman–Crippen LogP) is 2.50. The smallest absolute Gasteiger partial charge is 0.0692 e. The highest BCUT2D eigenvalue weighted by Gasteiger charge is 2.09. The van der Waals surface area contributed by atoms with Crippen LogP contribution in [0.5, 0.6) is 0 Å². The summed E-state index contributed by atoms with van der Waals surface area (Å²) in [4.78, 5) is 0. The van der Waals surface area contributed by atoms with E-state index in [1.54, 1.807) is 6.92 Å². The van der Waals surface area contributed by atoms with Crippen molar-refractivity contribution in [3.8, 4) is 0 Å². The fourth-order valence-corrected chi connectivity index (χ4v) is 1.64. The molecule has 0 aromatic heterocycles. The molecule has 1 N–H and O–H groups in total. The van der Waals surface area contributed by atoms with Gasteiger partial charge in [0.1, 0.15) is 0 Å². The molecule has 1 saturated carbocycles. The highest BCUT2D eigenvalue weighted by atomic mass is 16.3. The minimum absolute atomic E-state index is 0.267. The monoisotopic (exact) mass is 154 g/mol. The van der Waals surface area contributed by atoms with Crippen LogP contribution in [0.15, 0.2) is 12.2 Å². The lowest BCUT2D eigenvalue weighted by Crippen LogP contribution is -2.04. The van der Waals surface area contributed by atoms with E-state index in [1.165, 1.54) is 32.1 Å². The lowest BCUT2D eigenvalue weighted by molar-refractivity contribution is 0.242. The average molecular weight is 154 g/mol. The first-order valence-electron chi connectivity index (χ1n) is 4.65. The van der Waals surface area contributed by atoms with Gasteiger partial charge in [0.2, 0.25) is 0 Å². The maximum absolute atomic E-state index is 9.00. The third-order valence-electron chi connectivity index (χ3n) is 2.31. The van der Waals surface area contributed by atoms with Crippen molar-refractivity contribution < 1.29 is 5.11 Å². The maximum atomic E-state index is 9.00. The zero-order valence-corrected chi connectivity index (χ0v) is 7.29. The second kappa shape index (κ2) is 4.55. The van der Waals surface area contributed by atoms with Crippen molar-refractivity contribution in [2.75, 3.05) is 0 Å². The third-order valence-corrected chi connectivity index (χ3v) is 2.31. The van der Waals surface area contributed by atoms with Gasteiger partial charge in [-0.15, -0.1) is 0 Å².